The first-order valence-electron chi connectivity index (χ1n) is 12.1. The summed E-state index contributed by atoms with van der Waals surface area (Å²) in [4.78, 5) is 28.3. The maximum absolute atomic E-state index is 13.8. The van der Waals surface area contributed by atoms with Gasteiger partial charge in [-0.3, -0.25) is 9.59 Å². The molecular formula is C28H34N2O2. The topological polar surface area (TPSA) is 49.4 Å². The Morgan fingerprint density at radius 2 is 1.62 bits per heavy atom. The molecule has 2 aromatic rings. The summed E-state index contributed by atoms with van der Waals surface area (Å²) >= 11 is 0. The summed E-state index contributed by atoms with van der Waals surface area (Å²) in [5.41, 5.74) is 3.18. The second kappa shape index (κ2) is 8.06. The summed E-state index contributed by atoms with van der Waals surface area (Å²) in [6.07, 6.45) is 7.45. The van der Waals surface area contributed by atoms with Crippen molar-refractivity contribution in [2.45, 2.75) is 57.3 Å². The molecule has 2 unspecified atom stereocenters. The number of carbonyl (C=O) groups is 2. The highest BCUT2D eigenvalue weighted by molar-refractivity contribution is 5.96. The van der Waals surface area contributed by atoms with Crippen LogP contribution in [0.4, 0.5) is 5.69 Å². The number of nitrogens with zero attached hydrogens (tertiary/aromatic N) is 1. The van der Waals surface area contributed by atoms with Gasteiger partial charge in [0.15, 0.2) is 0 Å². The van der Waals surface area contributed by atoms with Crippen molar-refractivity contribution in [3.05, 3.63) is 65.7 Å². The number of likely N-dealkylation sites (N-methyl/N-ethyl adjacent to an activating group) is 1. The molecule has 4 aliphatic carbocycles. The average Bonchev–Trinajstić information content (AvgIpc) is 2.78. The van der Waals surface area contributed by atoms with Crippen LogP contribution in [0.25, 0.3) is 0 Å². The number of carbonyl (C=O) groups excluding carboxylic acids is 2. The second-order valence-corrected chi connectivity index (χ2v) is 10.6. The molecule has 0 radical (unpaired) electrons. The summed E-state index contributed by atoms with van der Waals surface area (Å²) in [6, 6.07) is 18.7. The monoisotopic (exact) mass is 430 g/mol. The van der Waals surface area contributed by atoms with Crippen LogP contribution < -0.4 is 5.32 Å². The molecule has 168 valence electrons. The Labute approximate surface area is 191 Å². The zero-order valence-electron chi connectivity index (χ0n) is 19.3. The van der Waals surface area contributed by atoms with E-state index in [1.807, 2.05) is 24.3 Å². The molecule has 4 aliphatic rings. The lowest BCUT2D eigenvalue weighted by Gasteiger charge is -2.62. The number of rotatable bonds is 6. The third-order valence-corrected chi connectivity index (χ3v) is 8.30. The minimum absolute atomic E-state index is 0.103. The van der Waals surface area contributed by atoms with Crippen LogP contribution >= 0.6 is 0 Å². The Kier molecular flexibility index (Phi) is 5.35. The second-order valence-electron chi connectivity index (χ2n) is 10.6. The predicted molar refractivity (Wildman–Crippen MR) is 127 cm³/mol. The van der Waals surface area contributed by atoms with Crippen molar-refractivity contribution in [3.8, 4) is 0 Å². The van der Waals surface area contributed by atoms with Crippen LogP contribution in [0, 0.1) is 17.3 Å². The normalized spacial score (nSPS) is 30.2. The van der Waals surface area contributed by atoms with E-state index in [4.69, 9.17) is 0 Å². The first-order chi connectivity index (χ1) is 15.4. The van der Waals surface area contributed by atoms with Gasteiger partial charge in [-0.25, -0.2) is 0 Å². The number of amides is 2. The van der Waals surface area contributed by atoms with E-state index in [-0.39, 0.29) is 29.2 Å². The highest BCUT2D eigenvalue weighted by Gasteiger charge is 2.61. The van der Waals surface area contributed by atoms with E-state index in [0.717, 1.165) is 36.9 Å². The van der Waals surface area contributed by atoms with Crippen molar-refractivity contribution in [3.63, 3.8) is 0 Å². The Bertz CT molecular complexity index is 1000. The van der Waals surface area contributed by atoms with E-state index in [1.54, 1.807) is 11.9 Å². The van der Waals surface area contributed by atoms with E-state index in [2.05, 4.69) is 42.6 Å². The number of aryl methyl sites for hydroxylation is 1. The molecule has 1 N–H and O–H groups in total. The van der Waals surface area contributed by atoms with Crippen LogP contribution in [-0.4, -0.2) is 30.3 Å². The molecule has 6 rings (SSSR count). The SMILES string of the molecule is CCc1ccccc1NC(=O)CN(C)C(=O)C12C[C@H]3C[C@@H](C1)CC(c1ccccc1)(C3)C2. The first kappa shape index (κ1) is 21.2. The molecule has 4 bridgehead atoms. The molecule has 2 aromatic carbocycles. The zero-order valence-corrected chi connectivity index (χ0v) is 19.3. The van der Waals surface area contributed by atoms with Gasteiger partial charge in [-0.2, -0.15) is 0 Å². The summed E-state index contributed by atoms with van der Waals surface area (Å²) < 4.78 is 0. The molecule has 2 amide bonds. The van der Waals surface area contributed by atoms with E-state index < -0.39 is 0 Å². The van der Waals surface area contributed by atoms with Crippen molar-refractivity contribution in [2.75, 3.05) is 18.9 Å². The highest BCUT2D eigenvalue weighted by atomic mass is 16.2. The number of nitrogens with one attached hydrogen (secondary N) is 1. The molecule has 0 heterocycles. The zero-order chi connectivity index (χ0) is 22.3. The van der Waals surface area contributed by atoms with E-state index in [9.17, 15) is 9.59 Å². The van der Waals surface area contributed by atoms with Crippen LogP contribution in [0.1, 0.15) is 56.6 Å². The fourth-order valence-corrected chi connectivity index (χ4v) is 7.47. The minimum Gasteiger partial charge on any atom is -0.336 e. The summed E-state index contributed by atoms with van der Waals surface area (Å²) in [5.74, 6) is 1.30. The number of hydrogen-bond donors (Lipinski definition) is 1. The van der Waals surface area contributed by atoms with Crippen molar-refractivity contribution < 1.29 is 9.59 Å². The fraction of sp³-hybridized carbons (Fsp3) is 0.500. The van der Waals surface area contributed by atoms with Gasteiger partial charge in [0.25, 0.3) is 0 Å². The lowest BCUT2D eigenvalue weighted by molar-refractivity contribution is -0.159. The molecule has 4 fully saturated rings. The molecule has 4 saturated carbocycles. The first-order valence-corrected chi connectivity index (χ1v) is 12.1. The number of para-hydroxylation sites is 1. The Hall–Kier alpha value is -2.62. The smallest absolute Gasteiger partial charge is 0.243 e. The van der Waals surface area contributed by atoms with Gasteiger partial charge in [-0.05, 0) is 79.4 Å². The number of hydrogen-bond acceptors (Lipinski definition) is 2. The van der Waals surface area contributed by atoms with Gasteiger partial charge in [0.1, 0.15) is 0 Å². The Balaban J connectivity index is 1.33. The lowest BCUT2D eigenvalue weighted by Crippen LogP contribution is -2.59. The molecule has 4 atom stereocenters. The molecule has 32 heavy (non-hydrogen) atoms. The molecule has 0 saturated heterocycles. The van der Waals surface area contributed by atoms with Gasteiger partial charge in [0.2, 0.25) is 11.8 Å². The third kappa shape index (κ3) is 3.64. The summed E-state index contributed by atoms with van der Waals surface area (Å²) in [7, 11) is 1.81. The number of benzene rings is 2. The number of anilines is 1. The van der Waals surface area contributed by atoms with Gasteiger partial charge in [-0.15, -0.1) is 0 Å². The Morgan fingerprint density at radius 3 is 2.31 bits per heavy atom. The van der Waals surface area contributed by atoms with Crippen LogP contribution in [0.5, 0.6) is 0 Å². The quantitative estimate of drug-likeness (QED) is 0.686. The highest BCUT2D eigenvalue weighted by Crippen LogP contribution is 2.66. The largest absolute Gasteiger partial charge is 0.336 e. The van der Waals surface area contributed by atoms with Gasteiger partial charge in [-0.1, -0.05) is 55.5 Å². The molecule has 4 nitrogen and oxygen atoms in total. The lowest BCUT2D eigenvalue weighted by atomic mass is 9.42. The van der Waals surface area contributed by atoms with Gasteiger partial charge >= 0.3 is 0 Å². The summed E-state index contributed by atoms with van der Waals surface area (Å²) in [6.45, 7) is 2.18. The maximum Gasteiger partial charge on any atom is 0.243 e. The summed E-state index contributed by atoms with van der Waals surface area (Å²) in [5, 5.41) is 3.02. The standard InChI is InChI=1S/C28H34N2O2/c1-3-22-9-7-8-12-24(22)29-25(31)18-30(2)26(32)28-16-20-13-21(17-28)15-27(14-20,19-28)23-10-5-4-6-11-23/h4-12,20-21H,3,13-19H2,1-2H3,(H,29,31)/t20-,21+,27?,28?. The van der Waals surface area contributed by atoms with E-state index in [1.165, 1.54) is 24.8 Å². The van der Waals surface area contributed by atoms with Crippen LogP contribution in [0.2, 0.25) is 0 Å². The van der Waals surface area contributed by atoms with Crippen LogP contribution in [-0.2, 0) is 21.4 Å². The van der Waals surface area contributed by atoms with Gasteiger partial charge in [0, 0.05) is 12.7 Å². The van der Waals surface area contributed by atoms with Crippen molar-refractivity contribution >= 4 is 17.5 Å². The average molecular weight is 431 g/mol. The van der Waals surface area contributed by atoms with Gasteiger partial charge < -0.3 is 10.2 Å². The fourth-order valence-electron chi connectivity index (χ4n) is 7.47. The van der Waals surface area contributed by atoms with E-state index >= 15 is 0 Å². The van der Waals surface area contributed by atoms with Crippen molar-refractivity contribution in [2.24, 2.45) is 17.3 Å². The molecule has 4 heteroatoms. The molecule has 0 spiro atoms. The maximum atomic E-state index is 13.8. The van der Waals surface area contributed by atoms with E-state index in [0.29, 0.717) is 11.8 Å². The predicted octanol–water partition coefficient (Wildman–Crippen LogP) is 5.18. The van der Waals surface area contributed by atoms with Gasteiger partial charge in [0.05, 0.1) is 12.0 Å². The molecule has 0 aromatic heterocycles. The third-order valence-electron chi connectivity index (χ3n) is 8.30. The Morgan fingerprint density at radius 1 is 0.969 bits per heavy atom. The molecular weight excluding hydrogens is 396 g/mol. The molecule has 0 aliphatic heterocycles. The van der Waals surface area contributed by atoms with Crippen molar-refractivity contribution in [1.82, 2.24) is 4.90 Å². The van der Waals surface area contributed by atoms with Crippen molar-refractivity contribution in [1.29, 1.82) is 0 Å². The minimum atomic E-state index is -0.309. The van der Waals surface area contributed by atoms with Crippen LogP contribution in [0.15, 0.2) is 54.6 Å². The van der Waals surface area contributed by atoms with Crippen LogP contribution in [0.3, 0.4) is 0 Å².